The molecule has 0 aliphatic heterocycles. The molecule has 72 valence electrons. The highest BCUT2D eigenvalue weighted by Crippen LogP contribution is 2.16. The molecule has 0 aliphatic carbocycles. The summed E-state index contributed by atoms with van der Waals surface area (Å²) in [6, 6.07) is 4.80. The summed E-state index contributed by atoms with van der Waals surface area (Å²) in [5.74, 6) is 0.553. The van der Waals surface area contributed by atoms with Gasteiger partial charge in [0.2, 0.25) is 0 Å². The Morgan fingerprint density at radius 1 is 1.54 bits per heavy atom. The van der Waals surface area contributed by atoms with Crippen LogP contribution in [0.3, 0.4) is 0 Å². The second kappa shape index (κ2) is 4.79. The van der Waals surface area contributed by atoms with Gasteiger partial charge in [0.25, 0.3) is 0 Å². The first-order valence-corrected chi connectivity index (χ1v) is 5.37. The van der Waals surface area contributed by atoms with E-state index in [1.807, 2.05) is 0 Å². The molecular weight excluding hydrogens is 282 g/mol. The summed E-state index contributed by atoms with van der Waals surface area (Å²) in [7, 11) is 0. The maximum atomic E-state index is 12.8. The van der Waals surface area contributed by atoms with Crippen molar-refractivity contribution in [3.63, 3.8) is 0 Å². The van der Waals surface area contributed by atoms with Crippen LogP contribution in [0, 0.1) is 12.7 Å². The molecule has 0 spiro atoms. The van der Waals surface area contributed by atoms with Crippen molar-refractivity contribution in [1.82, 2.24) is 0 Å². The lowest BCUT2D eigenvalue weighted by Gasteiger charge is -2.08. The van der Waals surface area contributed by atoms with Gasteiger partial charge in [-0.25, -0.2) is 4.39 Å². The number of alkyl halides is 1. The van der Waals surface area contributed by atoms with Gasteiger partial charge in [0.15, 0.2) is 0 Å². The van der Waals surface area contributed by atoms with E-state index in [1.54, 1.807) is 19.1 Å². The molecule has 1 unspecified atom stereocenters. The van der Waals surface area contributed by atoms with Crippen LogP contribution in [0.25, 0.3) is 0 Å². The van der Waals surface area contributed by atoms with Gasteiger partial charge in [-0.15, -0.1) is 0 Å². The molecule has 0 saturated heterocycles. The van der Waals surface area contributed by atoms with Crippen LogP contribution in [0.5, 0.6) is 5.75 Å². The van der Waals surface area contributed by atoms with E-state index in [-0.39, 0.29) is 5.82 Å². The minimum Gasteiger partial charge on any atom is -0.493 e. The lowest BCUT2D eigenvalue weighted by atomic mass is 10.2. The second-order valence-corrected chi connectivity index (χ2v) is 5.13. The Morgan fingerprint density at radius 3 is 2.77 bits per heavy atom. The molecule has 0 bridgehead atoms. The quantitative estimate of drug-likeness (QED) is 0.613. The number of aryl methyl sites for hydroxylation is 1. The number of benzene rings is 1. The Bertz CT molecular complexity index is 286. The maximum absolute atomic E-state index is 12.8. The van der Waals surface area contributed by atoms with E-state index in [0.717, 1.165) is 5.75 Å². The third kappa shape index (κ3) is 3.50. The molecule has 0 saturated carbocycles. The van der Waals surface area contributed by atoms with Crippen LogP contribution in [0.15, 0.2) is 18.2 Å². The fourth-order valence-corrected chi connectivity index (χ4v) is 1.10. The predicted octanol–water partition coefficient (Wildman–Crippen LogP) is 3.34. The van der Waals surface area contributed by atoms with E-state index < -0.39 is 0 Å². The number of halogens is 2. The molecule has 0 N–H and O–H groups in total. The topological polar surface area (TPSA) is 9.23 Å². The van der Waals surface area contributed by atoms with Crippen molar-refractivity contribution in [2.24, 2.45) is 0 Å². The average molecular weight is 294 g/mol. The fourth-order valence-electron chi connectivity index (χ4n) is 0.918. The highest BCUT2D eigenvalue weighted by Gasteiger charge is 2.01. The first-order valence-electron chi connectivity index (χ1n) is 4.12. The lowest BCUT2D eigenvalue weighted by Crippen LogP contribution is -2.06. The van der Waals surface area contributed by atoms with Gasteiger partial charge in [0.1, 0.15) is 11.6 Å². The van der Waals surface area contributed by atoms with Crippen LogP contribution in [0.1, 0.15) is 12.5 Å². The summed E-state index contributed by atoms with van der Waals surface area (Å²) in [6.07, 6.45) is 0. The van der Waals surface area contributed by atoms with E-state index in [1.165, 1.54) is 6.07 Å². The first kappa shape index (κ1) is 10.8. The third-order valence-corrected chi connectivity index (χ3v) is 1.97. The second-order valence-electron chi connectivity index (χ2n) is 3.00. The molecule has 0 fully saturated rings. The van der Waals surface area contributed by atoms with E-state index in [0.29, 0.717) is 16.1 Å². The standard InChI is InChI=1S/C10H12FIO/c1-7-5-9(3-4-10(7)11)13-6-8(2)12/h3-5,8H,6H2,1-2H3. The summed E-state index contributed by atoms with van der Waals surface area (Å²) in [5.41, 5.74) is 0.624. The molecule has 13 heavy (non-hydrogen) atoms. The molecule has 0 heterocycles. The Morgan fingerprint density at radius 2 is 2.23 bits per heavy atom. The van der Waals surface area contributed by atoms with Crippen molar-refractivity contribution < 1.29 is 9.13 Å². The summed E-state index contributed by atoms with van der Waals surface area (Å²) >= 11 is 2.29. The SMILES string of the molecule is Cc1cc(OCC(C)I)ccc1F. The highest BCUT2D eigenvalue weighted by atomic mass is 127. The number of hydrogen-bond acceptors (Lipinski definition) is 1. The zero-order valence-corrected chi connectivity index (χ0v) is 9.84. The van der Waals surface area contributed by atoms with Crippen molar-refractivity contribution in [3.05, 3.63) is 29.6 Å². The average Bonchev–Trinajstić information content (AvgIpc) is 2.07. The van der Waals surface area contributed by atoms with Gasteiger partial charge in [-0.1, -0.05) is 29.5 Å². The smallest absolute Gasteiger partial charge is 0.126 e. The highest BCUT2D eigenvalue weighted by molar-refractivity contribution is 14.1. The molecule has 0 amide bonds. The molecule has 3 heteroatoms. The van der Waals surface area contributed by atoms with Crippen LogP contribution in [-0.4, -0.2) is 10.5 Å². The van der Waals surface area contributed by atoms with Crippen molar-refractivity contribution in [2.75, 3.05) is 6.61 Å². The summed E-state index contributed by atoms with van der Waals surface area (Å²) in [5, 5.41) is 0. The summed E-state index contributed by atoms with van der Waals surface area (Å²) in [6.45, 7) is 4.46. The number of hydrogen-bond donors (Lipinski definition) is 0. The molecule has 0 radical (unpaired) electrons. The minimum atomic E-state index is -0.185. The normalized spacial score (nSPS) is 12.6. The molecule has 0 aliphatic rings. The van der Waals surface area contributed by atoms with E-state index in [4.69, 9.17) is 4.74 Å². The third-order valence-electron chi connectivity index (χ3n) is 1.61. The van der Waals surface area contributed by atoms with Gasteiger partial charge >= 0.3 is 0 Å². The fraction of sp³-hybridized carbons (Fsp3) is 0.400. The molecule has 1 rings (SSSR count). The monoisotopic (exact) mass is 294 g/mol. The van der Waals surface area contributed by atoms with Crippen LogP contribution in [0.2, 0.25) is 0 Å². The Balaban J connectivity index is 2.63. The molecule has 1 aromatic carbocycles. The van der Waals surface area contributed by atoms with Crippen molar-refractivity contribution in [1.29, 1.82) is 0 Å². The van der Waals surface area contributed by atoms with Gasteiger partial charge in [0.05, 0.1) is 6.61 Å². The predicted molar refractivity (Wildman–Crippen MR) is 60.1 cm³/mol. The maximum Gasteiger partial charge on any atom is 0.126 e. The van der Waals surface area contributed by atoms with Gasteiger partial charge in [-0.05, 0) is 30.7 Å². The van der Waals surface area contributed by atoms with Gasteiger partial charge in [-0.3, -0.25) is 0 Å². The van der Waals surface area contributed by atoms with Crippen LogP contribution < -0.4 is 4.74 Å². The van der Waals surface area contributed by atoms with Crippen LogP contribution in [0.4, 0.5) is 4.39 Å². The Hall–Kier alpha value is -0.320. The van der Waals surface area contributed by atoms with Crippen molar-refractivity contribution in [2.45, 2.75) is 17.8 Å². The van der Waals surface area contributed by atoms with Gasteiger partial charge in [-0.2, -0.15) is 0 Å². The van der Waals surface area contributed by atoms with E-state index in [9.17, 15) is 4.39 Å². The molecular formula is C10H12FIO. The number of ether oxygens (including phenoxy) is 1. The van der Waals surface area contributed by atoms with Crippen molar-refractivity contribution in [3.8, 4) is 5.75 Å². The zero-order valence-electron chi connectivity index (χ0n) is 7.68. The molecule has 1 aromatic rings. The van der Waals surface area contributed by atoms with Crippen LogP contribution >= 0.6 is 22.6 Å². The summed E-state index contributed by atoms with van der Waals surface area (Å²) < 4.78 is 18.7. The molecule has 0 aromatic heterocycles. The Labute approximate surface area is 91.4 Å². The largest absolute Gasteiger partial charge is 0.493 e. The van der Waals surface area contributed by atoms with Gasteiger partial charge < -0.3 is 4.74 Å². The minimum absolute atomic E-state index is 0.185. The molecule has 1 nitrogen and oxygen atoms in total. The zero-order chi connectivity index (χ0) is 9.84. The Kier molecular flexibility index (Phi) is 3.96. The number of rotatable bonds is 3. The first-order chi connectivity index (χ1) is 6.09. The molecule has 1 atom stereocenters. The van der Waals surface area contributed by atoms with Crippen LogP contribution in [-0.2, 0) is 0 Å². The summed E-state index contributed by atoms with van der Waals surface area (Å²) in [4.78, 5) is 0. The lowest BCUT2D eigenvalue weighted by molar-refractivity contribution is 0.325. The van der Waals surface area contributed by atoms with E-state index in [2.05, 4.69) is 29.5 Å². The van der Waals surface area contributed by atoms with E-state index >= 15 is 0 Å². The van der Waals surface area contributed by atoms with Gasteiger partial charge in [0, 0.05) is 3.92 Å². The van der Waals surface area contributed by atoms with Crippen molar-refractivity contribution >= 4 is 22.6 Å².